The molecule has 3 N–H and O–H groups in total. The summed E-state index contributed by atoms with van der Waals surface area (Å²) in [5, 5.41) is 9.87. The maximum Gasteiger partial charge on any atom is 0.408 e. The fraction of sp³-hybridized carbons (Fsp3) is 0.462. The van der Waals surface area contributed by atoms with E-state index in [9.17, 15) is 9.90 Å². The van der Waals surface area contributed by atoms with E-state index in [4.69, 9.17) is 17.3 Å². The zero-order valence-corrected chi connectivity index (χ0v) is 11.7. The molecule has 0 saturated carbocycles. The molecule has 100 valence electrons. The van der Waals surface area contributed by atoms with Crippen LogP contribution in [0.2, 0.25) is 5.02 Å². The average molecular weight is 271 g/mol. The topological polar surface area (TPSA) is 66.6 Å². The molecule has 0 unspecified atom stereocenters. The summed E-state index contributed by atoms with van der Waals surface area (Å²) in [6.07, 6.45) is -0.944. The first-order chi connectivity index (χ1) is 8.25. The second-order valence-electron chi connectivity index (χ2n) is 5.16. The highest BCUT2D eigenvalue weighted by molar-refractivity contribution is 6.30. The molecule has 0 bridgehead atoms. The third-order valence-corrected chi connectivity index (χ3v) is 2.99. The Balaban J connectivity index is 3.05. The molecule has 1 rings (SSSR count). The van der Waals surface area contributed by atoms with Crippen LogP contribution in [0.3, 0.4) is 0 Å². The zero-order valence-electron chi connectivity index (χ0n) is 10.9. The second-order valence-corrected chi connectivity index (χ2v) is 5.59. The minimum atomic E-state index is -0.944. The fourth-order valence-electron chi connectivity index (χ4n) is 1.70. The van der Waals surface area contributed by atoms with Gasteiger partial charge in [0.1, 0.15) is 0 Å². The molecule has 0 aliphatic carbocycles. The van der Waals surface area contributed by atoms with Crippen LogP contribution in [0.4, 0.5) is 4.79 Å². The highest BCUT2D eigenvalue weighted by atomic mass is 35.5. The lowest BCUT2D eigenvalue weighted by Crippen LogP contribution is -2.44. The minimum Gasteiger partial charge on any atom is -0.465 e. The lowest BCUT2D eigenvalue weighted by Gasteiger charge is -2.33. The Morgan fingerprint density at radius 2 is 2.00 bits per heavy atom. The van der Waals surface area contributed by atoms with Crippen LogP contribution in [-0.2, 0) is 13.1 Å². The van der Waals surface area contributed by atoms with E-state index in [2.05, 4.69) is 0 Å². The molecule has 4 nitrogen and oxygen atoms in total. The number of carbonyl (C=O) groups is 1. The van der Waals surface area contributed by atoms with Crippen molar-refractivity contribution in [1.29, 1.82) is 0 Å². The van der Waals surface area contributed by atoms with Gasteiger partial charge in [0.2, 0.25) is 0 Å². The molecule has 0 heterocycles. The molecular weight excluding hydrogens is 252 g/mol. The summed E-state index contributed by atoms with van der Waals surface area (Å²) in [5.41, 5.74) is 6.96. The molecular formula is C13H19ClN2O2. The van der Waals surface area contributed by atoms with Gasteiger partial charge in [-0.3, -0.25) is 4.90 Å². The first kappa shape index (κ1) is 14.8. The minimum absolute atomic E-state index is 0.308. The fourth-order valence-corrected chi connectivity index (χ4v) is 1.90. The Kier molecular flexibility index (Phi) is 4.59. The third kappa shape index (κ3) is 3.62. The van der Waals surface area contributed by atoms with E-state index in [1.807, 2.05) is 26.8 Å². The molecule has 18 heavy (non-hydrogen) atoms. The monoisotopic (exact) mass is 270 g/mol. The van der Waals surface area contributed by atoms with Gasteiger partial charge in [0.15, 0.2) is 0 Å². The highest BCUT2D eigenvalue weighted by Gasteiger charge is 2.26. The Morgan fingerprint density at radius 3 is 2.44 bits per heavy atom. The maximum atomic E-state index is 11.3. The lowest BCUT2D eigenvalue weighted by atomic mass is 10.0. The van der Waals surface area contributed by atoms with Crippen molar-refractivity contribution in [3.63, 3.8) is 0 Å². The zero-order chi connectivity index (χ0) is 13.9. The van der Waals surface area contributed by atoms with E-state index in [0.717, 1.165) is 11.1 Å². The van der Waals surface area contributed by atoms with E-state index in [0.29, 0.717) is 18.1 Å². The predicted octanol–water partition coefficient (Wildman–Crippen LogP) is 3.08. The SMILES string of the molecule is CC(C)(C)N(Cc1ccc(Cl)cc1CN)C(=O)O. The van der Waals surface area contributed by atoms with E-state index >= 15 is 0 Å². The van der Waals surface area contributed by atoms with Crippen LogP contribution in [0, 0.1) is 0 Å². The van der Waals surface area contributed by atoms with Crippen molar-refractivity contribution in [2.24, 2.45) is 5.73 Å². The molecule has 0 saturated heterocycles. The van der Waals surface area contributed by atoms with E-state index in [1.54, 1.807) is 12.1 Å². The van der Waals surface area contributed by atoms with Gasteiger partial charge >= 0.3 is 6.09 Å². The van der Waals surface area contributed by atoms with Crippen LogP contribution in [0.5, 0.6) is 0 Å². The van der Waals surface area contributed by atoms with Gasteiger partial charge in [-0.1, -0.05) is 17.7 Å². The van der Waals surface area contributed by atoms with Gasteiger partial charge in [-0.05, 0) is 44.0 Å². The van der Waals surface area contributed by atoms with Gasteiger partial charge in [-0.25, -0.2) is 4.79 Å². The Hall–Kier alpha value is -1.26. The number of nitrogens with zero attached hydrogens (tertiary/aromatic N) is 1. The summed E-state index contributed by atoms with van der Waals surface area (Å²) in [7, 11) is 0. The van der Waals surface area contributed by atoms with Crippen molar-refractivity contribution in [3.05, 3.63) is 34.3 Å². The first-order valence-corrected chi connectivity index (χ1v) is 6.11. The van der Waals surface area contributed by atoms with Gasteiger partial charge in [-0.15, -0.1) is 0 Å². The number of benzene rings is 1. The number of rotatable bonds is 3. The van der Waals surface area contributed by atoms with Gasteiger partial charge in [0, 0.05) is 23.7 Å². The van der Waals surface area contributed by atoms with Crippen LogP contribution < -0.4 is 5.73 Å². The standard InChI is InChI=1S/C13H19ClN2O2/c1-13(2,3)16(12(17)18)8-9-4-5-11(14)6-10(9)7-15/h4-6H,7-8,15H2,1-3H3,(H,17,18). The van der Waals surface area contributed by atoms with Gasteiger partial charge < -0.3 is 10.8 Å². The molecule has 0 aliphatic rings. The maximum absolute atomic E-state index is 11.3. The van der Waals surface area contributed by atoms with Crippen molar-refractivity contribution in [2.45, 2.75) is 39.4 Å². The van der Waals surface area contributed by atoms with Crippen molar-refractivity contribution in [2.75, 3.05) is 0 Å². The molecule has 1 aromatic rings. The van der Waals surface area contributed by atoms with Crippen LogP contribution in [0.1, 0.15) is 31.9 Å². The van der Waals surface area contributed by atoms with E-state index in [1.165, 1.54) is 4.90 Å². The average Bonchev–Trinajstić information content (AvgIpc) is 2.24. The normalized spacial score (nSPS) is 11.4. The number of halogens is 1. The molecule has 0 fully saturated rings. The van der Waals surface area contributed by atoms with Crippen molar-refractivity contribution >= 4 is 17.7 Å². The van der Waals surface area contributed by atoms with Gasteiger partial charge in [-0.2, -0.15) is 0 Å². The molecule has 5 heteroatoms. The molecule has 0 atom stereocenters. The highest BCUT2D eigenvalue weighted by Crippen LogP contribution is 2.22. The van der Waals surface area contributed by atoms with Crippen LogP contribution in [-0.4, -0.2) is 21.6 Å². The molecule has 1 aromatic carbocycles. The Morgan fingerprint density at radius 1 is 1.39 bits per heavy atom. The Bertz CT molecular complexity index is 441. The predicted molar refractivity (Wildman–Crippen MR) is 72.7 cm³/mol. The summed E-state index contributed by atoms with van der Waals surface area (Å²) in [6.45, 7) is 6.23. The summed E-state index contributed by atoms with van der Waals surface area (Å²) in [4.78, 5) is 12.7. The Labute approximate surface area is 112 Å². The summed E-state index contributed by atoms with van der Waals surface area (Å²) in [6, 6.07) is 5.35. The summed E-state index contributed by atoms with van der Waals surface area (Å²) >= 11 is 5.90. The quantitative estimate of drug-likeness (QED) is 0.887. The number of hydrogen-bond acceptors (Lipinski definition) is 2. The van der Waals surface area contributed by atoms with Crippen LogP contribution >= 0.6 is 11.6 Å². The summed E-state index contributed by atoms with van der Waals surface area (Å²) in [5.74, 6) is 0. The number of nitrogens with two attached hydrogens (primary N) is 1. The van der Waals surface area contributed by atoms with Crippen molar-refractivity contribution in [1.82, 2.24) is 4.90 Å². The van der Waals surface area contributed by atoms with Crippen LogP contribution in [0.15, 0.2) is 18.2 Å². The van der Waals surface area contributed by atoms with E-state index < -0.39 is 11.6 Å². The summed E-state index contributed by atoms with van der Waals surface area (Å²) < 4.78 is 0. The first-order valence-electron chi connectivity index (χ1n) is 5.73. The second kappa shape index (κ2) is 5.59. The number of amides is 1. The number of carboxylic acid groups (broad SMARTS) is 1. The molecule has 1 amide bonds. The number of hydrogen-bond donors (Lipinski definition) is 2. The molecule has 0 spiro atoms. The van der Waals surface area contributed by atoms with Crippen molar-refractivity contribution in [3.8, 4) is 0 Å². The molecule has 0 aliphatic heterocycles. The van der Waals surface area contributed by atoms with Crippen LogP contribution in [0.25, 0.3) is 0 Å². The van der Waals surface area contributed by atoms with E-state index in [-0.39, 0.29) is 0 Å². The van der Waals surface area contributed by atoms with Crippen molar-refractivity contribution < 1.29 is 9.90 Å². The lowest BCUT2D eigenvalue weighted by molar-refractivity contribution is 0.0954. The van der Waals surface area contributed by atoms with Gasteiger partial charge in [0.05, 0.1) is 0 Å². The third-order valence-electron chi connectivity index (χ3n) is 2.76. The molecule has 0 aromatic heterocycles. The smallest absolute Gasteiger partial charge is 0.408 e. The largest absolute Gasteiger partial charge is 0.465 e. The molecule has 0 radical (unpaired) electrons. The van der Waals surface area contributed by atoms with Gasteiger partial charge in [0.25, 0.3) is 0 Å².